The zero-order valence-corrected chi connectivity index (χ0v) is 8.45. The van der Waals surface area contributed by atoms with Crippen molar-refractivity contribution in [3.05, 3.63) is 53.9 Å². The van der Waals surface area contributed by atoms with Gasteiger partial charge >= 0.3 is 0 Å². The van der Waals surface area contributed by atoms with Crippen molar-refractivity contribution < 1.29 is 8.78 Å². The summed E-state index contributed by atoms with van der Waals surface area (Å²) in [6.45, 7) is 0.292. The zero-order chi connectivity index (χ0) is 11.5. The molecule has 4 heteroatoms. The van der Waals surface area contributed by atoms with E-state index in [0.717, 1.165) is 11.8 Å². The Balaban J connectivity index is 2.59. The highest BCUT2D eigenvalue weighted by molar-refractivity contribution is 5.65. The van der Waals surface area contributed by atoms with Crippen LogP contribution in [0.2, 0.25) is 0 Å². The molecule has 1 aromatic heterocycles. The molecule has 1 aromatic carbocycles. The number of rotatable bonds is 2. The highest BCUT2D eigenvalue weighted by atomic mass is 19.1. The lowest BCUT2D eigenvalue weighted by molar-refractivity contribution is 0.612. The molecular formula is C12H10F2N2. The predicted octanol–water partition coefficient (Wildman–Crippen LogP) is 2.49. The molecule has 0 aliphatic rings. The summed E-state index contributed by atoms with van der Waals surface area (Å²) in [6, 6.07) is 5.86. The number of pyridine rings is 1. The Bertz CT molecular complexity index is 512. The van der Waals surface area contributed by atoms with Crippen LogP contribution >= 0.6 is 0 Å². The summed E-state index contributed by atoms with van der Waals surface area (Å²) in [5.41, 5.74) is 6.62. The first-order valence-electron chi connectivity index (χ1n) is 4.80. The van der Waals surface area contributed by atoms with E-state index in [1.54, 1.807) is 12.1 Å². The molecule has 2 aromatic rings. The van der Waals surface area contributed by atoms with Gasteiger partial charge in [0.2, 0.25) is 0 Å². The average molecular weight is 220 g/mol. The standard InChI is InChI=1S/C12H10F2N2/c13-11-2-1-8(6-15)5-10(11)9-3-4-16-7-12(9)14/h1-5,7H,6,15H2. The molecule has 0 radical (unpaired) electrons. The summed E-state index contributed by atoms with van der Waals surface area (Å²) in [5, 5.41) is 0. The Labute approximate surface area is 91.7 Å². The molecule has 82 valence electrons. The number of hydrogen-bond donors (Lipinski definition) is 1. The average Bonchev–Trinajstić information content (AvgIpc) is 2.31. The molecule has 0 saturated heterocycles. The summed E-state index contributed by atoms with van der Waals surface area (Å²) in [4.78, 5) is 3.62. The van der Waals surface area contributed by atoms with E-state index in [0.29, 0.717) is 6.54 Å². The van der Waals surface area contributed by atoms with E-state index in [2.05, 4.69) is 4.98 Å². The van der Waals surface area contributed by atoms with Crippen molar-refractivity contribution in [1.82, 2.24) is 4.98 Å². The molecule has 0 amide bonds. The molecule has 16 heavy (non-hydrogen) atoms. The summed E-state index contributed by atoms with van der Waals surface area (Å²) in [5.74, 6) is -1.02. The summed E-state index contributed by atoms with van der Waals surface area (Å²) in [7, 11) is 0. The molecule has 2 rings (SSSR count). The first kappa shape index (κ1) is 10.7. The van der Waals surface area contributed by atoms with Crippen molar-refractivity contribution in [2.45, 2.75) is 6.54 Å². The quantitative estimate of drug-likeness (QED) is 0.844. The van der Waals surface area contributed by atoms with Crippen LogP contribution in [-0.4, -0.2) is 4.98 Å². The van der Waals surface area contributed by atoms with Crippen molar-refractivity contribution in [2.24, 2.45) is 5.73 Å². The third kappa shape index (κ3) is 1.92. The molecular weight excluding hydrogens is 210 g/mol. The summed E-state index contributed by atoms with van der Waals surface area (Å²) in [6.07, 6.45) is 2.48. The van der Waals surface area contributed by atoms with Gasteiger partial charge in [-0.05, 0) is 23.8 Å². The number of nitrogens with zero attached hydrogens (tertiary/aromatic N) is 1. The van der Waals surface area contributed by atoms with E-state index in [1.165, 1.54) is 18.3 Å². The third-order valence-corrected chi connectivity index (χ3v) is 2.33. The maximum absolute atomic E-state index is 13.5. The van der Waals surface area contributed by atoms with Crippen LogP contribution in [-0.2, 0) is 6.54 Å². The van der Waals surface area contributed by atoms with Gasteiger partial charge in [0.25, 0.3) is 0 Å². The second kappa shape index (κ2) is 4.37. The van der Waals surface area contributed by atoms with Crippen molar-refractivity contribution in [3.63, 3.8) is 0 Å². The van der Waals surface area contributed by atoms with Crippen molar-refractivity contribution >= 4 is 0 Å². The Morgan fingerprint density at radius 3 is 2.56 bits per heavy atom. The molecule has 2 N–H and O–H groups in total. The lowest BCUT2D eigenvalue weighted by Crippen LogP contribution is -1.98. The fraction of sp³-hybridized carbons (Fsp3) is 0.0833. The summed E-state index contributed by atoms with van der Waals surface area (Å²) < 4.78 is 27.0. The molecule has 0 aliphatic heterocycles. The minimum atomic E-state index is -0.546. The summed E-state index contributed by atoms with van der Waals surface area (Å²) >= 11 is 0. The molecule has 1 heterocycles. The molecule has 0 saturated carbocycles. The molecule has 0 bridgehead atoms. The van der Waals surface area contributed by atoms with Gasteiger partial charge in [-0.3, -0.25) is 4.98 Å². The Morgan fingerprint density at radius 1 is 1.06 bits per heavy atom. The van der Waals surface area contributed by atoms with Crippen molar-refractivity contribution in [1.29, 1.82) is 0 Å². The van der Waals surface area contributed by atoms with Crippen LogP contribution in [0.4, 0.5) is 8.78 Å². The van der Waals surface area contributed by atoms with Crippen molar-refractivity contribution in [2.75, 3.05) is 0 Å². The number of aromatic nitrogens is 1. The second-order valence-electron chi connectivity index (χ2n) is 3.37. The minimum Gasteiger partial charge on any atom is -0.326 e. The van der Waals surface area contributed by atoms with E-state index in [4.69, 9.17) is 5.73 Å². The SMILES string of the molecule is NCc1ccc(F)c(-c2ccncc2F)c1. The number of benzene rings is 1. The van der Waals surface area contributed by atoms with Gasteiger partial charge in [-0.15, -0.1) is 0 Å². The molecule has 0 unspecified atom stereocenters. The van der Waals surface area contributed by atoms with Gasteiger partial charge in [-0.25, -0.2) is 8.78 Å². The monoisotopic (exact) mass is 220 g/mol. The second-order valence-corrected chi connectivity index (χ2v) is 3.37. The number of halogens is 2. The van der Waals surface area contributed by atoms with E-state index in [1.807, 2.05) is 0 Å². The van der Waals surface area contributed by atoms with Gasteiger partial charge < -0.3 is 5.73 Å². The smallest absolute Gasteiger partial charge is 0.149 e. The van der Waals surface area contributed by atoms with E-state index >= 15 is 0 Å². The highest BCUT2D eigenvalue weighted by Crippen LogP contribution is 2.25. The number of hydrogen-bond acceptors (Lipinski definition) is 2. The van der Waals surface area contributed by atoms with Crippen LogP contribution in [0, 0.1) is 11.6 Å². The first-order valence-corrected chi connectivity index (χ1v) is 4.80. The Morgan fingerprint density at radius 2 is 1.88 bits per heavy atom. The maximum atomic E-state index is 13.5. The van der Waals surface area contributed by atoms with Gasteiger partial charge in [-0.1, -0.05) is 6.07 Å². The van der Waals surface area contributed by atoms with Crippen LogP contribution in [0.1, 0.15) is 5.56 Å². The topological polar surface area (TPSA) is 38.9 Å². The van der Waals surface area contributed by atoms with Gasteiger partial charge in [-0.2, -0.15) is 0 Å². The lowest BCUT2D eigenvalue weighted by Gasteiger charge is -2.06. The molecule has 0 fully saturated rings. The number of nitrogens with two attached hydrogens (primary N) is 1. The van der Waals surface area contributed by atoms with Gasteiger partial charge in [0.1, 0.15) is 11.6 Å². The van der Waals surface area contributed by atoms with Crippen LogP contribution < -0.4 is 5.73 Å². The Hall–Kier alpha value is -1.81. The van der Waals surface area contributed by atoms with E-state index in [-0.39, 0.29) is 11.1 Å². The van der Waals surface area contributed by atoms with Gasteiger partial charge in [0, 0.05) is 23.9 Å². The van der Waals surface area contributed by atoms with Crippen LogP contribution in [0.5, 0.6) is 0 Å². The van der Waals surface area contributed by atoms with Crippen LogP contribution in [0.15, 0.2) is 36.7 Å². The van der Waals surface area contributed by atoms with Crippen molar-refractivity contribution in [3.8, 4) is 11.1 Å². The maximum Gasteiger partial charge on any atom is 0.149 e. The Kier molecular flexibility index (Phi) is 2.92. The first-order chi connectivity index (χ1) is 7.72. The molecule has 0 spiro atoms. The largest absolute Gasteiger partial charge is 0.326 e. The van der Waals surface area contributed by atoms with Crippen LogP contribution in [0.25, 0.3) is 11.1 Å². The molecule has 0 aliphatic carbocycles. The van der Waals surface area contributed by atoms with Gasteiger partial charge in [0.15, 0.2) is 0 Å². The van der Waals surface area contributed by atoms with E-state index in [9.17, 15) is 8.78 Å². The minimum absolute atomic E-state index is 0.197. The van der Waals surface area contributed by atoms with Gasteiger partial charge in [0.05, 0.1) is 6.20 Å². The van der Waals surface area contributed by atoms with Crippen LogP contribution in [0.3, 0.4) is 0 Å². The highest BCUT2D eigenvalue weighted by Gasteiger charge is 2.10. The fourth-order valence-corrected chi connectivity index (χ4v) is 1.50. The fourth-order valence-electron chi connectivity index (χ4n) is 1.50. The predicted molar refractivity (Wildman–Crippen MR) is 57.5 cm³/mol. The van der Waals surface area contributed by atoms with E-state index < -0.39 is 11.6 Å². The lowest BCUT2D eigenvalue weighted by atomic mass is 10.0. The normalized spacial score (nSPS) is 10.4. The third-order valence-electron chi connectivity index (χ3n) is 2.33. The molecule has 2 nitrogen and oxygen atoms in total. The zero-order valence-electron chi connectivity index (χ0n) is 8.45. The molecule has 0 atom stereocenters.